The largest absolute Gasteiger partial charge is 0.243 e. The summed E-state index contributed by atoms with van der Waals surface area (Å²) in [6.07, 6.45) is 0. The summed E-state index contributed by atoms with van der Waals surface area (Å²) in [7, 11) is 0. The van der Waals surface area contributed by atoms with Gasteiger partial charge in [-0.3, -0.25) is 0 Å². The molecule has 3 heteroatoms. The molecule has 0 N–H and O–H groups in total. The number of aliphatic imine (C=N–C) groups is 1. The van der Waals surface area contributed by atoms with Crippen molar-refractivity contribution in [2.45, 2.75) is 6.92 Å². The van der Waals surface area contributed by atoms with E-state index < -0.39 is 0 Å². The summed E-state index contributed by atoms with van der Waals surface area (Å²) >= 11 is 0. The number of hydrogen-bond acceptors (Lipinski definition) is 3. The zero-order valence-corrected chi connectivity index (χ0v) is 7.15. The molecule has 0 bridgehead atoms. The Morgan fingerprint density at radius 3 is 2.31 bits per heavy atom. The second-order valence-corrected chi connectivity index (χ2v) is 2.47. The van der Waals surface area contributed by atoms with Crippen LogP contribution in [0.2, 0.25) is 0 Å². The average molecular weight is 169 g/mol. The third-order valence-corrected chi connectivity index (χ3v) is 1.46. The summed E-state index contributed by atoms with van der Waals surface area (Å²) in [6, 6.07) is 10.7. The van der Waals surface area contributed by atoms with Crippen LogP contribution in [0.3, 0.4) is 0 Å². The van der Waals surface area contributed by atoms with Crippen LogP contribution < -0.4 is 0 Å². The third-order valence-electron chi connectivity index (χ3n) is 1.46. The van der Waals surface area contributed by atoms with Crippen molar-refractivity contribution in [1.29, 1.82) is 10.5 Å². The van der Waals surface area contributed by atoms with Crippen molar-refractivity contribution in [2.24, 2.45) is 4.99 Å². The van der Waals surface area contributed by atoms with Gasteiger partial charge in [0.2, 0.25) is 0 Å². The highest BCUT2D eigenvalue weighted by Gasteiger charge is 1.92. The molecule has 0 radical (unpaired) electrons. The average Bonchev–Trinajstić information content (AvgIpc) is 2.19. The minimum absolute atomic E-state index is 0.407. The van der Waals surface area contributed by atoms with Crippen LogP contribution in [0, 0.1) is 22.7 Å². The number of benzene rings is 1. The van der Waals surface area contributed by atoms with Crippen LogP contribution in [-0.2, 0) is 0 Å². The van der Waals surface area contributed by atoms with Crippen molar-refractivity contribution in [3.05, 3.63) is 29.8 Å². The molecule has 0 fully saturated rings. The molecule has 3 nitrogen and oxygen atoms in total. The summed E-state index contributed by atoms with van der Waals surface area (Å²) in [5.41, 5.74) is 1.69. The van der Waals surface area contributed by atoms with E-state index in [0.29, 0.717) is 17.0 Å². The van der Waals surface area contributed by atoms with Gasteiger partial charge in [-0.25, -0.2) is 4.99 Å². The lowest BCUT2D eigenvalue weighted by Gasteiger charge is -1.92. The van der Waals surface area contributed by atoms with Crippen molar-refractivity contribution in [3.8, 4) is 12.1 Å². The highest BCUT2D eigenvalue weighted by molar-refractivity contribution is 5.97. The number of rotatable bonds is 1. The molecule has 0 unspecified atom stereocenters. The molecule has 1 aromatic carbocycles. The fourth-order valence-corrected chi connectivity index (χ4v) is 0.829. The van der Waals surface area contributed by atoms with Gasteiger partial charge in [0, 0.05) is 0 Å². The van der Waals surface area contributed by atoms with Crippen LogP contribution in [0.4, 0.5) is 5.69 Å². The summed E-state index contributed by atoms with van der Waals surface area (Å²) in [4.78, 5) is 4.00. The normalized spacial score (nSPS) is 10.2. The highest BCUT2D eigenvalue weighted by atomic mass is 14.7. The topological polar surface area (TPSA) is 59.9 Å². The first-order valence-corrected chi connectivity index (χ1v) is 3.72. The van der Waals surface area contributed by atoms with E-state index in [1.165, 1.54) is 0 Å². The Morgan fingerprint density at radius 2 is 1.85 bits per heavy atom. The molecule has 0 amide bonds. The summed E-state index contributed by atoms with van der Waals surface area (Å²) in [5.74, 6) is 0. The number of nitriles is 2. The van der Waals surface area contributed by atoms with Crippen LogP contribution in [0.5, 0.6) is 0 Å². The Kier molecular flexibility index (Phi) is 2.78. The molecule has 0 saturated heterocycles. The first kappa shape index (κ1) is 8.96. The van der Waals surface area contributed by atoms with E-state index in [1.807, 2.05) is 12.1 Å². The first-order chi connectivity index (χ1) is 6.26. The first-order valence-electron chi connectivity index (χ1n) is 3.72. The van der Waals surface area contributed by atoms with E-state index in [2.05, 4.69) is 4.99 Å². The maximum Gasteiger partial charge on any atom is 0.115 e. The summed E-state index contributed by atoms with van der Waals surface area (Å²) in [5, 5.41) is 17.0. The standard InChI is InChI=1S/C10H7N3/c1-8(6-11)13-10-4-2-9(7-12)3-5-10/h2-5H,1H3. The van der Waals surface area contributed by atoms with Gasteiger partial charge in [0.05, 0.1) is 17.3 Å². The van der Waals surface area contributed by atoms with E-state index in [4.69, 9.17) is 10.5 Å². The second-order valence-electron chi connectivity index (χ2n) is 2.47. The van der Waals surface area contributed by atoms with Crippen LogP contribution in [0.1, 0.15) is 12.5 Å². The van der Waals surface area contributed by atoms with E-state index in [9.17, 15) is 0 Å². The fourth-order valence-electron chi connectivity index (χ4n) is 0.829. The molecule has 13 heavy (non-hydrogen) atoms. The molecule has 0 aromatic heterocycles. The summed E-state index contributed by atoms with van der Waals surface area (Å²) < 4.78 is 0. The van der Waals surface area contributed by atoms with E-state index >= 15 is 0 Å². The number of hydrogen-bond donors (Lipinski definition) is 0. The van der Waals surface area contributed by atoms with Gasteiger partial charge in [0.1, 0.15) is 11.8 Å². The molecule has 0 aliphatic carbocycles. The van der Waals surface area contributed by atoms with Crippen molar-refractivity contribution >= 4 is 11.4 Å². The van der Waals surface area contributed by atoms with Gasteiger partial charge in [-0.2, -0.15) is 10.5 Å². The number of nitrogens with zero attached hydrogens (tertiary/aromatic N) is 3. The SMILES string of the molecule is CC(C#N)=Nc1ccc(C#N)cc1. The molecule has 0 atom stereocenters. The Morgan fingerprint density at radius 1 is 1.23 bits per heavy atom. The van der Waals surface area contributed by atoms with E-state index in [-0.39, 0.29) is 0 Å². The molecule has 1 aromatic rings. The van der Waals surface area contributed by atoms with Crippen LogP contribution in [-0.4, -0.2) is 5.71 Å². The predicted molar refractivity (Wildman–Crippen MR) is 49.5 cm³/mol. The van der Waals surface area contributed by atoms with E-state index in [0.717, 1.165) is 0 Å². The molecule has 0 saturated carbocycles. The van der Waals surface area contributed by atoms with Crippen molar-refractivity contribution in [3.63, 3.8) is 0 Å². The monoisotopic (exact) mass is 169 g/mol. The van der Waals surface area contributed by atoms with E-state index in [1.54, 1.807) is 31.2 Å². The molecule has 0 heterocycles. The smallest absolute Gasteiger partial charge is 0.115 e. The Bertz CT molecular complexity index is 401. The van der Waals surface area contributed by atoms with Crippen LogP contribution >= 0.6 is 0 Å². The lowest BCUT2D eigenvalue weighted by molar-refractivity contribution is 1.45. The van der Waals surface area contributed by atoms with Gasteiger partial charge in [0.25, 0.3) is 0 Å². The molecule has 1 rings (SSSR count). The summed E-state index contributed by atoms with van der Waals surface area (Å²) in [6.45, 7) is 1.64. The van der Waals surface area contributed by atoms with Gasteiger partial charge in [0.15, 0.2) is 0 Å². The van der Waals surface area contributed by atoms with Gasteiger partial charge in [-0.05, 0) is 31.2 Å². The Balaban J connectivity index is 2.96. The maximum atomic E-state index is 8.52. The Labute approximate surface area is 76.6 Å². The Hall–Kier alpha value is -2.13. The van der Waals surface area contributed by atoms with Gasteiger partial charge in [-0.1, -0.05) is 0 Å². The minimum atomic E-state index is 0.407. The molecule has 0 aliphatic rings. The van der Waals surface area contributed by atoms with Crippen molar-refractivity contribution in [1.82, 2.24) is 0 Å². The molecule has 62 valence electrons. The zero-order valence-electron chi connectivity index (χ0n) is 7.15. The molecule has 0 spiro atoms. The molecular formula is C10H7N3. The lowest BCUT2D eigenvalue weighted by Crippen LogP contribution is -1.82. The highest BCUT2D eigenvalue weighted by Crippen LogP contribution is 2.12. The van der Waals surface area contributed by atoms with Gasteiger partial charge < -0.3 is 0 Å². The minimum Gasteiger partial charge on any atom is -0.243 e. The molecular weight excluding hydrogens is 162 g/mol. The van der Waals surface area contributed by atoms with Crippen LogP contribution in [0.15, 0.2) is 29.3 Å². The quantitative estimate of drug-likeness (QED) is 0.605. The van der Waals surface area contributed by atoms with Gasteiger partial charge in [-0.15, -0.1) is 0 Å². The second kappa shape index (κ2) is 4.04. The van der Waals surface area contributed by atoms with Crippen molar-refractivity contribution in [2.75, 3.05) is 0 Å². The van der Waals surface area contributed by atoms with Crippen LogP contribution in [0.25, 0.3) is 0 Å². The zero-order chi connectivity index (χ0) is 9.68. The third kappa shape index (κ3) is 2.43. The van der Waals surface area contributed by atoms with Crippen molar-refractivity contribution < 1.29 is 0 Å². The maximum absolute atomic E-state index is 8.52. The van der Waals surface area contributed by atoms with Gasteiger partial charge >= 0.3 is 0 Å². The fraction of sp³-hybridized carbons (Fsp3) is 0.100. The lowest BCUT2D eigenvalue weighted by atomic mass is 10.2. The predicted octanol–water partition coefficient (Wildman–Crippen LogP) is 2.17. The molecule has 0 aliphatic heterocycles.